The van der Waals surface area contributed by atoms with Crippen molar-refractivity contribution < 1.29 is 22.3 Å². The summed E-state index contributed by atoms with van der Waals surface area (Å²) in [5.41, 5.74) is 0.950. The summed E-state index contributed by atoms with van der Waals surface area (Å²) >= 11 is 0. The third-order valence-electron chi connectivity index (χ3n) is 5.45. The molecule has 2 aromatic rings. The molecule has 31 heavy (non-hydrogen) atoms. The van der Waals surface area contributed by atoms with Gasteiger partial charge in [0.1, 0.15) is 23.0 Å². The summed E-state index contributed by atoms with van der Waals surface area (Å²) in [4.78, 5) is 16.9. The van der Waals surface area contributed by atoms with Gasteiger partial charge in [0.05, 0.1) is 12.8 Å². The number of ether oxygens (including phenoxy) is 1. The number of amides is 1. The van der Waals surface area contributed by atoms with E-state index in [1.54, 1.807) is 24.0 Å². The first-order valence-electron chi connectivity index (χ1n) is 10.2. The van der Waals surface area contributed by atoms with Gasteiger partial charge in [0.15, 0.2) is 0 Å². The van der Waals surface area contributed by atoms with E-state index in [-0.39, 0.29) is 28.8 Å². The Kier molecular flexibility index (Phi) is 7.17. The van der Waals surface area contributed by atoms with Crippen molar-refractivity contribution in [2.75, 3.05) is 50.7 Å². The summed E-state index contributed by atoms with van der Waals surface area (Å²) in [6.45, 7) is 6.95. The second kappa shape index (κ2) is 9.65. The number of halogens is 1. The highest BCUT2D eigenvalue weighted by atomic mass is 32.2. The monoisotopic (exact) mass is 449 g/mol. The molecule has 1 fully saturated rings. The number of carbonyl (C=O) groups excluding carboxylic acids is 1. The molecular weight excluding hydrogens is 421 g/mol. The van der Waals surface area contributed by atoms with Crippen LogP contribution in [-0.2, 0) is 14.8 Å². The minimum atomic E-state index is -4.15. The van der Waals surface area contributed by atoms with Gasteiger partial charge in [-0.2, -0.15) is 0 Å². The van der Waals surface area contributed by atoms with E-state index in [4.69, 9.17) is 4.74 Å². The van der Waals surface area contributed by atoms with Crippen LogP contribution >= 0.6 is 0 Å². The normalized spacial score (nSPS) is 15.0. The number of likely N-dealkylation sites (N-methyl/N-ethyl adjacent to an activating group) is 1. The predicted molar refractivity (Wildman–Crippen MR) is 117 cm³/mol. The number of hydrogen-bond acceptors (Lipinski definition) is 5. The lowest BCUT2D eigenvalue weighted by Crippen LogP contribution is -2.51. The SMILES string of the molecule is CCN1CCN(C(=O)CN(c2ccc(F)cc2)S(=O)(=O)c2cc(C)ccc2OC)CC1. The molecule has 1 amide bonds. The van der Waals surface area contributed by atoms with Gasteiger partial charge in [0.25, 0.3) is 10.0 Å². The lowest BCUT2D eigenvalue weighted by molar-refractivity contribution is -0.131. The molecule has 0 bridgehead atoms. The standard InChI is InChI=1S/C22H28FN3O4S/c1-4-24-11-13-25(14-12-24)22(27)16-26(19-8-6-18(23)7-9-19)31(28,29)21-15-17(2)5-10-20(21)30-3/h5-10,15H,4,11-14,16H2,1-3H3. The van der Waals surface area contributed by atoms with Gasteiger partial charge in [-0.05, 0) is 55.4 Å². The fourth-order valence-electron chi connectivity index (χ4n) is 3.56. The van der Waals surface area contributed by atoms with Gasteiger partial charge in [0.2, 0.25) is 5.91 Å². The molecule has 0 spiro atoms. The van der Waals surface area contributed by atoms with Crippen LogP contribution in [0.2, 0.25) is 0 Å². The Balaban J connectivity index is 1.96. The molecule has 1 heterocycles. The molecule has 0 saturated carbocycles. The fourth-order valence-corrected chi connectivity index (χ4v) is 5.22. The highest BCUT2D eigenvalue weighted by molar-refractivity contribution is 7.93. The maximum Gasteiger partial charge on any atom is 0.268 e. The molecule has 0 aliphatic carbocycles. The predicted octanol–water partition coefficient (Wildman–Crippen LogP) is 2.50. The molecule has 0 N–H and O–H groups in total. The number of piperazine rings is 1. The third-order valence-corrected chi connectivity index (χ3v) is 7.25. The van der Waals surface area contributed by atoms with Crippen molar-refractivity contribution >= 4 is 21.6 Å². The molecule has 0 radical (unpaired) electrons. The highest BCUT2D eigenvalue weighted by Crippen LogP contribution is 2.31. The van der Waals surface area contributed by atoms with Gasteiger partial charge < -0.3 is 14.5 Å². The van der Waals surface area contributed by atoms with Crippen LogP contribution in [0.25, 0.3) is 0 Å². The summed E-state index contributed by atoms with van der Waals surface area (Å²) in [7, 11) is -2.76. The van der Waals surface area contributed by atoms with Crippen LogP contribution in [0.5, 0.6) is 5.75 Å². The number of anilines is 1. The molecule has 0 aromatic heterocycles. The number of aryl methyl sites for hydroxylation is 1. The largest absolute Gasteiger partial charge is 0.495 e. The molecule has 9 heteroatoms. The Morgan fingerprint density at radius 2 is 1.74 bits per heavy atom. The first kappa shape index (κ1) is 23.0. The topological polar surface area (TPSA) is 70.2 Å². The van der Waals surface area contributed by atoms with Crippen molar-refractivity contribution in [3.63, 3.8) is 0 Å². The fraction of sp³-hybridized carbons (Fsp3) is 0.409. The van der Waals surface area contributed by atoms with Crippen molar-refractivity contribution in [1.82, 2.24) is 9.80 Å². The van der Waals surface area contributed by atoms with Gasteiger partial charge >= 0.3 is 0 Å². The number of methoxy groups -OCH3 is 1. The maximum atomic E-state index is 13.6. The van der Waals surface area contributed by atoms with Crippen molar-refractivity contribution in [2.24, 2.45) is 0 Å². The lowest BCUT2D eigenvalue weighted by atomic mass is 10.2. The molecule has 2 aromatic carbocycles. The van der Waals surface area contributed by atoms with Gasteiger partial charge in [-0.1, -0.05) is 13.0 Å². The Morgan fingerprint density at radius 3 is 2.32 bits per heavy atom. The number of rotatable bonds is 7. The van der Waals surface area contributed by atoms with Gasteiger partial charge in [-0.15, -0.1) is 0 Å². The quantitative estimate of drug-likeness (QED) is 0.650. The Morgan fingerprint density at radius 1 is 1.10 bits per heavy atom. The molecule has 0 atom stereocenters. The van der Waals surface area contributed by atoms with Crippen molar-refractivity contribution in [3.05, 3.63) is 53.8 Å². The smallest absolute Gasteiger partial charge is 0.268 e. The van der Waals surface area contributed by atoms with E-state index in [2.05, 4.69) is 11.8 Å². The molecule has 1 aliphatic rings. The number of sulfonamides is 1. The number of carbonyl (C=O) groups is 1. The van der Waals surface area contributed by atoms with E-state index in [0.29, 0.717) is 13.1 Å². The summed E-state index contributed by atoms with van der Waals surface area (Å²) < 4.78 is 47.1. The van der Waals surface area contributed by atoms with Gasteiger partial charge in [-0.25, -0.2) is 12.8 Å². The zero-order valence-electron chi connectivity index (χ0n) is 18.0. The zero-order chi connectivity index (χ0) is 22.6. The number of hydrogen-bond donors (Lipinski definition) is 0. The summed E-state index contributed by atoms with van der Waals surface area (Å²) in [6.07, 6.45) is 0. The van der Waals surface area contributed by atoms with Crippen LogP contribution in [0.3, 0.4) is 0 Å². The van der Waals surface area contributed by atoms with E-state index in [1.807, 2.05) is 0 Å². The summed E-state index contributed by atoms with van der Waals surface area (Å²) in [6, 6.07) is 9.91. The van der Waals surface area contributed by atoms with Crippen LogP contribution in [0.4, 0.5) is 10.1 Å². The Hall–Kier alpha value is -2.65. The molecule has 168 valence electrons. The van der Waals surface area contributed by atoms with Crippen LogP contribution in [0, 0.1) is 12.7 Å². The average molecular weight is 450 g/mol. The van der Waals surface area contributed by atoms with Gasteiger partial charge in [0, 0.05) is 26.2 Å². The van der Waals surface area contributed by atoms with Crippen molar-refractivity contribution in [1.29, 1.82) is 0 Å². The minimum absolute atomic E-state index is 0.0390. The average Bonchev–Trinajstić information content (AvgIpc) is 2.78. The molecule has 0 unspecified atom stereocenters. The maximum absolute atomic E-state index is 13.6. The van der Waals surface area contributed by atoms with E-state index >= 15 is 0 Å². The Bertz CT molecular complexity index is 1020. The van der Waals surface area contributed by atoms with Crippen LogP contribution in [0.15, 0.2) is 47.4 Å². The molecule has 1 saturated heterocycles. The van der Waals surface area contributed by atoms with Crippen LogP contribution < -0.4 is 9.04 Å². The van der Waals surface area contributed by atoms with Crippen molar-refractivity contribution in [3.8, 4) is 5.75 Å². The zero-order valence-corrected chi connectivity index (χ0v) is 18.9. The molecular formula is C22H28FN3O4S. The first-order valence-corrected chi connectivity index (χ1v) is 11.6. The third kappa shape index (κ3) is 5.16. The van der Waals surface area contributed by atoms with Crippen molar-refractivity contribution in [2.45, 2.75) is 18.7 Å². The molecule has 1 aliphatic heterocycles. The molecule has 7 nitrogen and oxygen atoms in total. The Labute approximate surface area is 183 Å². The second-order valence-electron chi connectivity index (χ2n) is 7.46. The molecule has 3 rings (SSSR count). The summed E-state index contributed by atoms with van der Waals surface area (Å²) in [5, 5.41) is 0. The first-order chi connectivity index (χ1) is 14.8. The summed E-state index contributed by atoms with van der Waals surface area (Å²) in [5.74, 6) is -0.603. The number of nitrogens with zero attached hydrogens (tertiary/aromatic N) is 3. The van der Waals surface area contributed by atoms with Crippen LogP contribution in [-0.4, -0.2) is 70.5 Å². The van der Waals surface area contributed by atoms with E-state index in [0.717, 1.165) is 29.5 Å². The number of benzene rings is 2. The van der Waals surface area contributed by atoms with Gasteiger partial charge in [-0.3, -0.25) is 9.10 Å². The van der Waals surface area contributed by atoms with E-state index < -0.39 is 15.8 Å². The minimum Gasteiger partial charge on any atom is -0.495 e. The lowest BCUT2D eigenvalue weighted by Gasteiger charge is -2.35. The second-order valence-corrected chi connectivity index (χ2v) is 9.29. The van der Waals surface area contributed by atoms with E-state index in [9.17, 15) is 17.6 Å². The highest BCUT2D eigenvalue weighted by Gasteiger charge is 2.32. The van der Waals surface area contributed by atoms with E-state index in [1.165, 1.54) is 37.4 Å². The van der Waals surface area contributed by atoms with Crippen LogP contribution in [0.1, 0.15) is 12.5 Å².